The Morgan fingerprint density at radius 3 is 2.40 bits per heavy atom. The molecule has 0 spiro atoms. The lowest BCUT2D eigenvalue weighted by molar-refractivity contribution is 0.598. The summed E-state index contributed by atoms with van der Waals surface area (Å²) >= 11 is 11.9. The van der Waals surface area contributed by atoms with E-state index in [4.69, 9.17) is 34.1 Å². The van der Waals surface area contributed by atoms with Crippen LogP contribution in [0.1, 0.15) is 0 Å². The van der Waals surface area contributed by atoms with Crippen molar-refractivity contribution in [2.75, 3.05) is 11.1 Å². The molecule has 0 bridgehead atoms. The van der Waals surface area contributed by atoms with Crippen LogP contribution in [0.25, 0.3) is 0 Å². The molecule has 5 nitrogen and oxygen atoms in total. The number of nitrogens with two attached hydrogens (primary N) is 2. The molecule has 0 saturated heterocycles. The molecule has 20 heavy (non-hydrogen) atoms. The molecule has 2 rings (SSSR count). The molecule has 0 aliphatic heterocycles. The highest BCUT2D eigenvalue weighted by atomic mass is 35.5. The van der Waals surface area contributed by atoms with Gasteiger partial charge in [-0.25, -0.2) is 13.6 Å². The molecule has 0 aliphatic carbocycles. The summed E-state index contributed by atoms with van der Waals surface area (Å²) < 4.78 is 22.7. The van der Waals surface area contributed by atoms with E-state index in [-0.39, 0.29) is 10.6 Å². The number of nitrogens with one attached hydrogen (secondary N) is 1. The molecule has 0 radical (unpaired) electrons. The average Bonchev–Trinajstić information content (AvgIpc) is 2.32. The van der Waals surface area contributed by atoms with Gasteiger partial charge in [0.25, 0.3) is 0 Å². The zero-order valence-electron chi connectivity index (χ0n) is 10.1. The van der Waals surface area contributed by atoms with Gasteiger partial charge in [0.05, 0.1) is 15.6 Å². The summed E-state index contributed by atoms with van der Waals surface area (Å²) in [5.74, 6) is 0. The van der Waals surface area contributed by atoms with Gasteiger partial charge in [0, 0.05) is 16.4 Å². The van der Waals surface area contributed by atoms with Crippen LogP contribution in [0.3, 0.4) is 0 Å². The van der Waals surface area contributed by atoms with Gasteiger partial charge in [-0.1, -0.05) is 23.2 Å². The average molecular weight is 332 g/mol. The van der Waals surface area contributed by atoms with Crippen LogP contribution in [0.2, 0.25) is 10.0 Å². The standard InChI is InChI=1S/C12H11Cl2N3O2S/c13-7-1-2-11(14)12(3-7)17-9-4-8(15)5-10(6-9)20(16,18)19/h1-6,17H,15H2,(H2,16,18,19). The van der Waals surface area contributed by atoms with Crippen molar-refractivity contribution >= 4 is 50.3 Å². The smallest absolute Gasteiger partial charge is 0.238 e. The Balaban J connectivity index is 2.44. The molecule has 2 aromatic carbocycles. The van der Waals surface area contributed by atoms with Crippen molar-refractivity contribution in [1.82, 2.24) is 0 Å². The second-order valence-electron chi connectivity index (χ2n) is 4.08. The number of benzene rings is 2. The van der Waals surface area contributed by atoms with E-state index in [1.165, 1.54) is 12.1 Å². The number of rotatable bonds is 3. The SMILES string of the molecule is Nc1cc(Nc2cc(Cl)ccc2Cl)cc(S(N)(=O)=O)c1. The van der Waals surface area contributed by atoms with Crippen molar-refractivity contribution < 1.29 is 8.42 Å². The Labute approximate surface area is 126 Å². The van der Waals surface area contributed by atoms with Gasteiger partial charge in [-0.2, -0.15) is 0 Å². The highest BCUT2D eigenvalue weighted by Gasteiger charge is 2.11. The van der Waals surface area contributed by atoms with Gasteiger partial charge in [0.15, 0.2) is 0 Å². The fourth-order valence-corrected chi connectivity index (χ4v) is 2.54. The minimum absolute atomic E-state index is 0.0850. The van der Waals surface area contributed by atoms with Gasteiger partial charge in [-0.05, 0) is 36.4 Å². The van der Waals surface area contributed by atoms with Gasteiger partial charge in [-0.3, -0.25) is 0 Å². The number of halogens is 2. The molecule has 0 amide bonds. The van der Waals surface area contributed by atoms with Crippen LogP contribution in [0, 0.1) is 0 Å². The summed E-state index contributed by atoms with van der Waals surface area (Å²) in [4.78, 5) is -0.0850. The summed E-state index contributed by atoms with van der Waals surface area (Å²) in [6, 6.07) is 9.09. The first kappa shape index (κ1) is 14.9. The third-order valence-electron chi connectivity index (χ3n) is 2.46. The maximum Gasteiger partial charge on any atom is 0.238 e. The first-order chi connectivity index (χ1) is 9.25. The van der Waals surface area contributed by atoms with Crippen molar-refractivity contribution in [3.63, 3.8) is 0 Å². The Kier molecular flexibility index (Phi) is 4.10. The van der Waals surface area contributed by atoms with Crippen LogP contribution in [-0.4, -0.2) is 8.42 Å². The molecule has 8 heteroatoms. The number of sulfonamides is 1. The van der Waals surface area contributed by atoms with E-state index >= 15 is 0 Å². The largest absolute Gasteiger partial charge is 0.399 e. The third kappa shape index (κ3) is 3.55. The number of hydrogen-bond acceptors (Lipinski definition) is 4. The molecule has 2 aromatic rings. The van der Waals surface area contributed by atoms with E-state index in [0.29, 0.717) is 21.4 Å². The second-order valence-corrected chi connectivity index (χ2v) is 6.49. The Morgan fingerprint density at radius 1 is 1.05 bits per heavy atom. The lowest BCUT2D eigenvalue weighted by atomic mass is 10.2. The Hall–Kier alpha value is -1.47. The zero-order valence-corrected chi connectivity index (χ0v) is 12.4. The van der Waals surface area contributed by atoms with Crippen LogP contribution >= 0.6 is 23.2 Å². The summed E-state index contributed by atoms with van der Waals surface area (Å²) in [5.41, 5.74) is 6.90. The van der Waals surface area contributed by atoms with E-state index < -0.39 is 10.0 Å². The van der Waals surface area contributed by atoms with Crippen LogP contribution in [0.5, 0.6) is 0 Å². The van der Waals surface area contributed by atoms with Crippen molar-refractivity contribution in [2.45, 2.75) is 4.90 Å². The van der Waals surface area contributed by atoms with Gasteiger partial charge >= 0.3 is 0 Å². The van der Waals surface area contributed by atoms with E-state index in [9.17, 15) is 8.42 Å². The minimum atomic E-state index is -3.84. The number of nitrogen functional groups attached to an aromatic ring is 1. The van der Waals surface area contributed by atoms with Crippen molar-refractivity contribution in [2.24, 2.45) is 5.14 Å². The van der Waals surface area contributed by atoms with E-state index in [1.807, 2.05) is 0 Å². The molecule has 0 saturated carbocycles. The lowest BCUT2D eigenvalue weighted by Crippen LogP contribution is -2.12. The number of hydrogen-bond donors (Lipinski definition) is 3. The predicted octanol–water partition coefficient (Wildman–Crippen LogP) is 2.97. The molecule has 106 valence electrons. The van der Waals surface area contributed by atoms with Crippen LogP contribution in [0.4, 0.5) is 17.1 Å². The molecule has 0 aliphatic rings. The summed E-state index contributed by atoms with van der Waals surface area (Å²) in [6.45, 7) is 0. The normalized spacial score (nSPS) is 11.3. The molecule has 0 fully saturated rings. The molecule has 0 aromatic heterocycles. The summed E-state index contributed by atoms with van der Waals surface area (Å²) in [7, 11) is -3.84. The molecular weight excluding hydrogens is 321 g/mol. The maximum absolute atomic E-state index is 11.4. The zero-order chi connectivity index (χ0) is 14.9. The van der Waals surface area contributed by atoms with Crippen LogP contribution < -0.4 is 16.2 Å². The van der Waals surface area contributed by atoms with Crippen molar-refractivity contribution in [3.05, 3.63) is 46.4 Å². The monoisotopic (exact) mass is 331 g/mol. The molecule has 0 unspecified atom stereocenters. The molecule has 0 atom stereocenters. The van der Waals surface area contributed by atoms with E-state index in [1.54, 1.807) is 24.3 Å². The first-order valence-corrected chi connectivity index (χ1v) is 7.71. The topological polar surface area (TPSA) is 98.2 Å². The number of anilines is 3. The minimum Gasteiger partial charge on any atom is -0.399 e. The Morgan fingerprint density at radius 2 is 1.75 bits per heavy atom. The highest BCUT2D eigenvalue weighted by Crippen LogP contribution is 2.30. The second kappa shape index (κ2) is 5.49. The van der Waals surface area contributed by atoms with Gasteiger partial charge in [0.2, 0.25) is 10.0 Å². The third-order valence-corrected chi connectivity index (χ3v) is 3.92. The Bertz CT molecular complexity index is 763. The van der Waals surface area contributed by atoms with Crippen LogP contribution in [-0.2, 0) is 10.0 Å². The quantitative estimate of drug-likeness (QED) is 0.753. The van der Waals surface area contributed by atoms with Gasteiger partial charge in [-0.15, -0.1) is 0 Å². The van der Waals surface area contributed by atoms with Crippen LogP contribution in [0.15, 0.2) is 41.3 Å². The summed E-state index contributed by atoms with van der Waals surface area (Å²) in [5, 5.41) is 8.97. The maximum atomic E-state index is 11.4. The first-order valence-electron chi connectivity index (χ1n) is 5.41. The van der Waals surface area contributed by atoms with Crippen molar-refractivity contribution in [1.29, 1.82) is 0 Å². The lowest BCUT2D eigenvalue weighted by Gasteiger charge is -2.11. The predicted molar refractivity (Wildman–Crippen MR) is 82.0 cm³/mol. The van der Waals surface area contributed by atoms with E-state index in [0.717, 1.165) is 0 Å². The highest BCUT2D eigenvalue weighted by molar-refractivity contribution is 7.89. The van der Waals surface area contributed by atoms with Crippen molar-refractivity contribution in [3.8, 4) is 0 Å². The number of primary sulfonamides is 1. The molecular formula is C12H11Cl2N3O2S. The van der Waals surface area contributed by atoms with E-state index in [2.05, 4.69) is 5.32 Å². The fraction of sp³-hybridized carbons (Fsp3) is 0. The fourth-order valence-electron chi connectivity index (χ4n) is 1.61. The summed E-state index contributed by atoms with van der Waals surface area (Å²) in [6.07, 6.45) is 0. The molecule has 5 N–H and O–H groups in total. The van der Waals surface area contributed by atoms with Gasteiger partial charge < -0.3 is 11.1 Å². The van der Waals surface area contributed by atoms with Gasteiger partial charge in [0.1, 0.15) is 0 Å². The molecule has 0 heterocycles.